The molecule has 128 valence electrons. The van der Waals surface area contributed by atoms with Crippen LogP contribution in [0.4, 0.5) is 0 Å². The average molecular weight is 319 g/mol. The van der Waals surface area contributed by atoms with E-state index in [4.69, 9.17) is 4.74 Å². The number of aliphatic hydroxyl groups excluding tert-OH is 1. The average Bonchev–Trinajstić information content (AvgIpc) is 3.12. The Kier molecular flexibility index (Phi) is 3.80. The van der Waals surface area contributed by atoms with Gasteiger partial charge in [0.1, 0.15) is 6.10 Å². The number of allylic oxidation sites excluding steroid dienone is 1. The Labute approximate surface area is 138 Å². The van der Waals surface area contributed by atoms with Crippen molar-refractivity contribution >= 4 is 5.97 Å². The summed E-state index contributed by atoms with van der Waals surface area (Å²) in [5, 5.41) is 11.3. The van der Waals surface area contributed by atoms with Crippen molar-refractivity contribution in [1.82, 2.24) is 4.90 Å². The van der Waals surface area contributed by atoms with Crippen LogP contribution in [0.3, 0.4) is 0 Å². The molecule has 0 radical (unpaired) electrons. The monoisotopic (exact) mass is 319 g/mol. The third kappa shape index (κ3) is 2.29. The van der Waals surface area contributed by atoms with E-state index in [1.165, 1.54) is 18.4 Å². The van der Waals surface area contributed by atoms with Gasteiger partial charge in [0.05, 0.1) is 12.0 Å². The molecule has 0 aromatic carbocycles. The van der Waals surface area contributed by atoms with E-state index in [-0.39, 0.29) is 29.3 Å². The van der Waals surface area contributed by atoms with Crippen molar-refractivity contribution in [2.24, 2.45) is 23.2 Å². The van der Waals surface area contributed by atoms with E-state index in [9.17, 15) is 9.90 Å². The predicted molar refractivity (Wildman–Crippen MR) is 87.7 cm³/mol. The van der Waals surface area contributed by atoms with Crippen LogP contribution in [0.2, 0.25) is 0 Å². The molecule has 6 atom stereocenters. The summed E-state index contributed by atoms with van der Waals surface area (Å²) < 4.78 is 5.72. The number of ether oxygens (including phenoxy) is 1. The quantitative estimate of drug-likeness (QED) is 0.627. The van der Waals surface area contributed by atoms with Gasteiger partial charge < -0.3 is 14.7 Å². The fourth-order valence-electron chi connectivity index (χ4n) is 5.52. The van der Waals surface area contributed by atoms with Crippen LogP contribution in [-0.4, -0.2) is 47.8 Å². The van der Waals surface area contributed by atoms with Gasteiger partial charge in [0.2, 0.25) is 0 Å². The van der Waals surface area contributed by atoms with Crippen LogP contribution in [0.15, 0.2) is 11.6 Å². The molecule has 3 fully saturated rings. The minimum Gasteiger partial charge on any atom is -0.461 e. The predicted octanol–water partition coefficient (Wildman–Crippen LogP) is 2.37. The maximum absolute atomic E-state index is 12.5. The van der Waals surface area contributed by atoms with Gasteiger partial charge in [0, 0.05) is 24.3 Å². The lowest BCUT2D eigenvalue weighted by Crippen LogP contribution is -2.54. The zero-order valence-electron chi connectivity index (χ0n) is 14.3. The molecule has 0 amide bonds. The van der Waals surface area contributed by atoms with Crippen LogP contribution in [0.5, 0.6) is 0 Å². The van der Waals surface area contributed by atoms with E-state index in [0.29, 0.717) is 5.92 Å². The van der Waals surface area contributed by atoms with Crippen molar-refractivity contribution in [2.75, 3.05) is 19.6 Å². The molecule has 0 bridgehead atoms. The molecule has 2 aliphatic heterocycles. The Balaban J connectivity index is 1.62. The fourth-order valence-corrected chi connectivity index (χ4v) is 5.52. The molecule has 4 heteroatoms. The largest absolute Gasteiger partial charge is 0.461 e. The van der Waals surface area contributed by atoms with E-state index >= 15 is 0 Å². The number of carbonyl (C=O) groups excluding carboxylic acids is 1. The van der Waals surface area contributed by atoms with E-state index in [1.807, 2.05) is 0 Å². The first kappa shape index (κ1) is 15.6. The molecular weight excluding hydrogens is 290 g/mol. The van der Waals surface area contributed by atoms with Crippen molar-refractivity contribution in [2.45, 2.75) is 58.2 Å². The van der Waals surface area contributed by atoms with Crippen molar-refractivity contribution in [1.29, 1.82) is 0 Å². The molecule has 2 saturated heterocycles. The van der Waals surface area contributed by atoms with Gasteiger partial charge in [-0.2, -0.15) is 0 Å². The highest BCUT2D eigenvalue weighted by Gasteiger charge is 2.59. The second-order valence-corrected chi connectivity index (χ2v) is 8.31. The molecule has 4 nitrogen and oxygen atoms in total. The molecular formula is C19H29NO3. The summed E-state index contributed by atoms with van der Waals surface area (Å²) in [5.41, 5.74) is 1.14. The van der Waals surface area contributed by atoms with Gasteiger partial charge in [-0.05, 0) is 44.7 Å². The summed E-state index contributed by atoms with van der Waals surface area (Å²) in [7, 11) is 0. The van der Waals surface area contributed by atoms with Crippen molar-refractivity contribution in [3.05, 3.63) is 11.6 Å². The van der Waals surface area contributed by atoms with Gasteiger partial charge in [0.25, 0.3) is 0 Å². The number of likely N-dealkylation sites (tertiary alicyclic amines) is 1. The number of hydrogen-bond donors (Lipinski definition) is 1. The number of rotatable bonds is 2. The molecule has 0 aromatic heterocycles. The molecule has 4 rings (SSSR count). The van der Waals surface area contributed by atoms with Crippen LogP contribution < -0.4 is 0 Å². The van der Waals surface area contributed by atoms with Gasteiger partial charge in [-0.3, -0.25) is 4.79 Å². The Morgan fingerprint density at radius 1 is 1.39 bits per heavy atom. The molecule has 0 aromatic rings. The van der Waals surface area contributed by atoms with E-state index in [2.05, 4.69) is 24.8 Å². The minimum atomic E-state index is -0.471. The lowest BCUT2D eigenvalue weighted by atomic mass is 9.55. The van der Waals surface area contributed by atoms with Gasteiger partial charge in [-0.25, -0.2) is 0 Å². The van der Waals surface area contributed by atoms with E-state index in [0.717, 1.165) is 38.9 Å². The van der Waals surface area contributed by atoms with Crippen molar-refractivity contribution in [3.63, 3.8) is 0 Å². The highest BCUT2D eigenvalue weighted by atomic mass is 16.6. The number of aliphatic hydroxyl groups is 1. The van der Waals surface area contributed by atoms with Crippen LogP contribution in [-0.2, 0) is 9.53 Å². The molecule has 2 aliphatic carbocycles. The Morgan fingerprint density at radius 2 is 2.13 bits per heavy atom. The second-order valence-electron chi connectivity index (χ2n) is 8.31. The topological polar surface area (TPSA) is 49.8 Å². The maximum Gasteiger partial charge on any atom is 0.311 e. The molecule has 4 aliphatic rings. The number of carbonyl (C=O) groups is 1. The summed E-state index contributed by atoms with van der Waals surface area (Å²) in [6, 6.07) is 0. The zero-order chi connectivity index (χ0) is 16.2. The van der Waals surface area contributed by atoms with Gasteiger partial charge in [-0.1, -0.05) is 25.5 Å². The summed E-state index contributed by atoms with van der Waals surface area (Å²) >= 11 is 0. The molecule has 0 unspecified atom stereocenters. The SMILES string of the molecule is C[C@@H]1CCC=C2C[C@H]3OC(=O)[C@@H](CN4CCCC4)[C@H]3[C@H](O)[C@@]21C. The lowest BCUT2D eigenvalue weighted by Gasteiger charge is -2.51. The van der Waals surface area contributed by atoms with Crippen molar-refractivity contribution in [3.8, 4) is 0 Å². The summed E-state index contributed by atoms with van der Waals surface area (Å²) in [5.74, 6) is 0.189. The van der Waals surface area contributed by atoms with Crippen LogP contribution in [0, 0.1) is 23.2 Å². The van der Waals surface area contributed by atoms with Crippen LogP contribution in [0.25, 0.3) is 0 Å². The number of fused-ring (bicyclic) bond motifs is 2. The Hall–Kier alpha value is -0.870. The Morgan fingerprint density at radius 3 is 2.87 bits per heavy atom. The highest BCUT2D eigenvalue weighted by Crippen LogP contribution is 2.56. The lowest BCUT2D eigenvalue weighted by molar-refractivity contribution is -0.145. The molecule has 0 spiro atoms. The fraction of sp³-hybridized carbons (Fsp3) is 0.842. The van der Waals surface area contributed by atoms with E-state index in [1.54, 1.807) is 0 Å². The summed E-state index contributed by atoms with van der Waals surface area (Å²) in [4.78, 5) is 14.9. The van der Waals surface area contributed by atoms with Gasteiger partial charge in [0.15, 0.2) is 0 Å². The zero-order valence-corrected chi connectivity index (χ0v) is 14.3. The molecule has 2 heterocycles. The van der Waals surface area contributed by atoms with Crippen LogP contribution >= 0.6 is 0 Å². The number of hydrogen-bond acceptors (Lipinski definition) is 4. The normalized spacial score (nSPS) is 47.0. The minimum absolute atomic E-state index is 0.0363. The molecule has 1 N–H and O–H groups in total. The standard InChI is InChI=1S/C19H29NO3/c1-12-6-5-7-13-10-15-16(17(21)19(12,13)2)14(18(22)23-15)11-20-8-3-4-9-20/h7,12,14-17,21H,3-6,8-11H2,1-2H3/t12-,14+,15-,16-,17+,19-/m1/s1. The Bertz CT molecular complexity index is 525. The second kappa shape index (κ2) is 5.59. The highest BCUT2D eigenvalue weighted by molar-refractivity contribution is 5.76. The molecule has 1 saturated carbocycles. The first-order chi connectivity index (χ1) is 11.0. The van der Waals surface area contributed by atoms with Crippen LogP contribution in [0.1, 0.15) is 46.0 Å². The first-order valence-electron chi connectivity index (χ1n) is 9.32. The maximum atomic E-state index is 12.5. The third-order valence-corrected chi connectivity index (χ3v) is 7.22. The summed E-state index contributed by atoms with van der Waals surface area (Å²) in [6.07, 6.45) is 7.18. The first-order valence-corrected chi connectivity index (χ1v) is 9.32. The van der Waals surface area contributed by atoms with Gasteiger partial charge >= 0.3 is 5.97 Å². The van der Waals surface area contributed by atoms with Gasteiger partial charge in [-0.15, -0.1) is 0 Å². The third-order valence-electron chi connectivity index (χ3n) is 7.22. The smallest absolute Gasteiger partial charge is 0.311 e. The summed E-state index contributed by atoms with van der Waals surface area (Å²) in [6.45, 7) is 7.38. The van der Waals surface area contributed by atoms with E-state index < -0.39 is 6.10 Å². The van der Waals surface area contributed by atoms with Crippen molar-refractivity contribution < 1.29 is 14.6 Å². The molecule has 23 heavy (non-hydrogen) atoms. The number of nitrogens with zero attached hydrogens (tertiary/aromatic N) is 1. The number of esters is 1.